The summed E-state index contributed by atoms with van der Waals surface area (Å²) in [5.74, 6) is 0.120. The summed E-state index contributed by atoms with van der Waals surface area (Å²) in [5, 5.41) is 0. The van der Waals surface area contributed by atoms with Gasteiger partial charge >= 0.3 is 0 Å². The van der Waals surface area contributed by atoms with Crippen molar-refractivity contribution in [1.29, 1.82) is 0 Å². The number of benzene rings is 1. The maximum absolute atomic E-state index is 13.4. The van der Waals surface area contributed by atoms with Gasteiger partial charge in [-0.2, -0.15) is 0 Å². The van der Waals surface area contributed by atoms with E-state index in [1.807, 2.05) is 0 Å². The molecule has 1 aromatic rings. The van der Waals surface area contributed by atoms with Gasteiger partial charge in [0.1, 0.15) is 18.2 Å². The Hall–Kier alpha value is -1.87. The Morgan fingerprint density at radius 1 is 1.41 bits per heavy atom. The average molecular weight is 233 g/mol. The number of nitrogens with two attached hydrogens (primary N) is 1. The summed E-state index contributed by atoms with van der Waals surface area (Å²) in [5.41, 5.74) is 6.72. The minimum absolute atomic E-state index is 0.181. The SMILES string of the molecule is C=C/C=C(\C=C)COc1ccc(CN)c(F)c1. The standard InChI is InChI=1S/C14H16FNO/c1-3-5-11(4-2)10-17-13-7-6-12(9-16)14(15)8-13/h3-8H,1-2,9-10,16H2/b11-5+. The van der Waals surface area contributed by atoms with Crippen molar-refractivity contribution in [2.24, 2.45) is 5.73 Å². The van der Waals surface area contributed by atoms with Crippen molar-refractivity contribution in [2.75, 3.05) is 6.61 Å². The van der Waals surface area contributed by atoms with Gasteiger partial charge in [0.05, 0.1) is 0 Å². The first-order valence-corrected chi connectivity index (χ1v) is 5.26. The Bertz CT molecular complexity index is 438. The lowest BCUT2D eigenvalue weighted by molar-refractivity contribution is 0.353. The van der Waals surface area contributed by atoms with Crippen LogP contribution in [0.3, 0.4) is 0 Å². The Morgan fingerprint density at radius 3 is 2.71 bits per heavy atom. The third kappa shape index (κ3) is 3.89. The molecule has 1 aromatic carbocycles. The van der Waals surface area contributed by atoms with Crippen molar-refractivity contribution in [3.63, 3.8) is 0 Å². The summed E-state index contributed by atoms with van der Waals surface area (Å²) in [7, 11) is 0. The van der Waals surface area contributed by atoms with E-state index >= 15 is 0 Å². The van der Waals surface area contributed by atoms with Crippen LogP contribution in [0.5, 0.6) is 5.75 Å². The Morgan fingerprint density at radius 2 is 2.18 bits per heavy atom. The van der Waals surface area contributed by atoms with Crippen LogP contribution in [0.15, 0.2) is 55.2 Å². The van der Waals surface area contributed by atoms with Crippen LogP contribution in [0.2, 0.25) is 0 Å². The quantitative estimate of drug-likeness (QED) is 0.767. The highest BCUT2D eigenvalue weighted by Gasteiger charge is 2.02. The molecule has 2 N–H and O–H groups in total. The molecule has 0 heterocycles. The molecule has 0 amide bonds. The molecule has 0 radical (unpaired) electrons. The van der Waals surface area contributed by atoms with Gasteiger partial charge in [0, 0.05) is 18.2 Å². The third-order valence-electron chi connectivity index (χ3n) is 2.24. The van der Waals surface area contributed by atoms with Gasteiger partial charge in [-0.15, -0.1) is 0 Å². The number of hydrogen-bond acceptors (Lipinski definition) is 2. The summed E-state index contributed by atoms with van der Waals surface area (Å²) in [4.78, 5) is 0. The minimum Gasteiger partial charge on any atom is -0.489 e. The zero-order chi connectivity index (χ0) is 12.7. The fraction of sp³-hybridized carbons (Fsp3) is 0.143. The summed E-state index contributed by atoms with van der Waals surface area (Å²) < 4.78 is 18.8. The van der Waals surface area contributed by atoms with E-state index in [0.717, 1.165) is 5.57 Å². The van der Waals surface area contributed by atoms with Crippen molar-refractivity contribution in [3.05, 3.63) is 66.5 Å². The zero-order valence-corrected chi connectivity index (χ0v) is 9.66. The van der Waals surface area contributed by atoms with Gasteiger partial charge < -0.3 is 10.5 Å². The molecule has 0 spiro atoms. The van der Waals surface area contributed by atoms with Crippen molar-refractivity contribution in [2.45, 2.75) is 6.54 Å². The summed E-state index contributed by atoms with van der Waals surface area (Å²) in [6.07, 6.45) is 5.11. The van der Waals surface area contributed by atoms with Gasteiger partial charge in [-0.25, -0.2) is 4.39 Å². The van der Waals surface area contributed by atoms with Crippen LogP contribution in [0.25, 0.3) is 0 Å². The lowest BCUT2D eigenvalue weighted by Crippen LogP contribution is -2.02. The van der Waals surface area contributed by atoms with Crippen LogP contribution in [0.1, 0.15) is 5.56 Å². The van der Waals surface area contributed by atoms with Crippen molar-refractivity contribution in [1.82, 2.24) is 0 Å². The van der Waals surface area contributed by atoms with Gasteiger partial charge in [-0.05, 0) is 11.6 Å². The van der Waals surface area contributed by atoms with Crippen LogP contribution >= 0.6 is 0 Å². The molecular formula is C14H16FNO. The number of halogens is 1. The van der Waals surface area contributed by atoms with Gasteiger partial charge in [0.15, 0.2) is 0 Å². The molecular weight excluding hydrogens is 217 g/mol. The second-order valence-corrected chi connectivity index (χ2v) is 3.43. The second kappa shape index (κ2) is 6.66. The first-order chi connectivity index (χ1) is 8.21. The smallest absolute Gasteiger partial charge is 0.131 e. The van der Waals surface area contributed by atoms with Crippen molar-refractivity contribution < 1.29 is 9.13 Å². The Kier molecular flexibility index (Phi) is 5.17. The molecule has 0 aliphatic rings. The highest BCUT2D eigenvalue weighted by Crippen LogP contribution is 2.17. The van der Waals surface area contributed by atoms with E-state index in [1.54, 1.807) is 30.4 Å². The van der Waals surface area contributed by atoms with Gasteiger partial charge in [0.2, 0.25) is 0 Å². The Labute approximate surface area is 101 Å². The van der Waals surface area contributed by atoms with E-state index in [2.05, 4.69) is 13.2 Å². The highest BCUT2D eigenvalue weighted by molar-refractivity contribution is 5.30. The van der Waals surface area contributed by atoms with Crippen LogP contribution in [0, 0.1) is 5.82 Å². The topological polar surface area (TPSA) is 35.2 Å². The van der Waals surface area contributed by atoms with Crippen LogP contribution < -0.4 is 10.5 Å². The Balaban J connectivity index is 2.69. The summed E-state index contributed by atoms with van der Waals surface area (Å²) in [6, 6.07) is 4.65. The molecule has 0 bridgehead atoms. The van der Waals surface area contributed by atoms with Crippen LogP contribution in [-0.4, -0.2) is 6.61 Å². The molecule has 0 aliphatic heterocycles. The molecule has 0 fully saturated rings. The molecule has 0 aromatic heterocycles. The molecule has 3 heteroatoms. The third-order valence-corrected chi connectivity index (χ3v) is 2.24. The van der Waals surface area contributed by atoms with Crippen LogP contribution in [0.4, 0.5) is 4.39 Å². The van der Waals surface area contributed by atoms with E-state index in [4.69, 9.17) is 10.5 Å². The van der Waals surface area contributed by atoms with E-state index in [0.29, 0.717) is 17.9 Å². The zero-order valence-electron chi connectivity index (χ0n) is 9.66. The van der Waals surface area contributed by atoms with E-state index in [1.165, 1.54) is 6.07 Å². The number of rotatable bonds is 6. The molecule has 0 aliphatic carbocycles. The normalized spacial score (nSPS) is 11.1. The number of allylic oxidation sites excluding steroid dienone is 2. The summed E-state index contributed by atoms with van der Waals surface area (Å²) in [6.45, 7) is 7.75. The monoisotopic (exact) mass is 233 g/mol. The molecule has 0 saturated heterocycles. The molecule has 0 saturated carbocycles. The van der Waals surface area contributed by atoms with Gasteiger partial charge in [-0.3, -0.25) is 0 Å². The lowest BCUT2D eigenvalue weighted by Gasteiger charge is -2.08. The molecule has 1 rings (SSSR count). The van der Waals surface area contributed by atoms with E-state index in [9.17, 15) is 4.39 Å². The summed E-state index contributed by atoms with van der Waals surface area (Å²) >= 11 is 0. The van der Waals surface area contributed by atoms with E-state index in [-0.39, 0.29) is 12.4 Å². The maximum Gasteiger partial charge on any atom is 0.131 e. The molecule has 90 valence electrons. The van der Waals surface area contributed by atoms with Crippen LogP contribution in [-0.2, 0) is 6.54 Å². The predicted octanol–water partition coefficient (Wildman–Crippen LogP) is 2.96. The van der Waals surface area contributed by atoms with Crippen molar-refractivity contribution >= 4 is 0 Å². The first-order valence-electron chi connectivity index (χ1n) is 5.26. The van der Waals surface area contributed by atoms with Crippen molar-refractivity contribution in [3.8, 4) is 5.75 Å². The molecule has 17 heavy (non-hydrogen) atoms. The minimum atomic E-state index is -0.349. The van der Waals surface area contributed by atoms with E-state index < -0.39 is 0 Å². The fourth-order valence-corrected chi connectivity index (χ4v) is 1.28. The molecule has 0 atom stereocenters. The van der Waals surface area contributed by atoms with Gasteiger partial charge in [0.25, 0.3) is 0 Å². The number of ether oxygens (including phenoxy) is 1. The lowest BCUT2D eigenvalue weighted by atomic mass is 10.2. The largest absolute Gasteiger partial charge is 0.489 e. The number of hydrogen-bond donors (Lipinski definition) is 1. The first kappa shape index (κ1) is 13.2. The highest BCUT2D eigenvalue weighted by atomic mass is 19.1. The second-order valence-electron chi connectivity index (χ2n) is 3.43. The molecule has 2 nitrogen and oxygen atoms in total. The average Bonchev–Trinajstić information content (AvgIpc) is 2.34. The molecule has 0 unspecified atom stereocenters. The fourth-order valence-electron chi connectivity index (χ4n) is 1.28. The maximum atomic E-state index is 13.4. The van der Waals surface area contributed by atoms with Gasteiger partial charge in [-0.1, -0.05) is 37.5 Å². The predicted molar refractivity (Wildman–Crippen MR) is 68.3 cm³/mol.